The molecule has 2 atom stereocenters. The van der Waals surface area contributed by atoms with Crippen LogP contribution in [0, 0.1) is 5.92 Å². The molecule has 2 aromatic rings. The molecule has 106 valence electrons. The second-order valence-electron chi connectivity index (χ2n) is 5.78. The quantitative estimate of drug-likeness (QED) is 0.828. The van der Waals surface area contributed by atoms with Crippen molar-refractivity contribution in [3.63, 3.8) is 0 Å². The highest BCUT2D eigenvalue weighted by Crippen LogP contribution is 2.27. The van der Waals surface area contributed by atoms with Gasteiger partial charge in [-0.1, -0.05) is 0 Å². The number of rotatable bonds is 2. The van der Waals surface area contributed by atoms with Gasteiger partial charge in [0, 0.05) is 32.4 Å². The van der Waals surface area contributed by atoms with Crippen LogP contribution in [0.1, 0.15) is 12.8 Å². The van der Waals surface area contributed by atoms with Crippen molar-refractivity contribution in [2.75, 3.05) is 24.5 Å². The van der Waals surface area contributed by atoms with Gasteiger partial charge in [-0.15, -0.1) is 5.10 Å². The van der Waals surface area contributed by atoms with Crippen molar-refractivity contribution in [2.45, 2.75) is 18.9 Å². The number of hydrogen-bond acceptors (Lipinski definition) is 5. The van der Waals surface area contributed by atoms with E-state index in [-0.39, 0.29) is 0 Å². The zero-order valence-corrected chi connectivity index (χ0v) is 11.6. The second kappa shape index (κ2) is 4.59. The number of hydrogen-bond donors (Lipinski definition) is 2. The smallest absolute Gasteiger partial charge is 0.245 e. The average Bonchev–Trinajstić information content (AvgIpc) is 3.16. The first-order valence-corrected chi connectivity index (χ1v) is 7.18. The Balaban J connectivity index is 1.54. The predicted molar refractivity (Wildman–Crippen MR) is 75.3 cm³/mol. The molecule has 0 saturated carbocycles. The molecule has 2 saturated heterocycles. The number of nitrogens with zero attached hydrogens (tertiary/aromatic N) is 5. The second-order valence-corrected chi connectivity index (χ2v) is 5.78. The highest BCUT2D eigenvalue weighted by atomic mass is 15.4. The molecule has 0 aromatic carbocycles. The van der Waals surface area contributed by atoms with Crippen LogP contribution in [-0.2, 0) is 7.05 Å². The lowest BCUT2D eigenvalue weighted by molar-refractivity contribution is 0.340. The Morgan fingerprint density at radius 2 is 2.30 bits per heavy atom. The van der Waals surface area contributed by atoms with Crippen molar-refractivity contribution >= 4 is 5.95 Å². The monoisotopic (exact) mass is 273 g/mol. The van der Waals surface area contributed by atoms with Crippen molar-refractivity contribution in [2.24, 2.45) is 13.0 Å². The van der Waals surface area contributed by atoms with Gasteiger partial charge in [-0.2, -0.15) is 4.98 Å². The minimum absolute atomic E-state index is 0.598. The lowest BCUT2D eigenvalue weighted by Crippen LogP contribution is -2.40. The first-order valence-electron chi connectivity index (χ1n) is 7.18. The van der Waals surface area contributed by atoms with Crippen molar-refractivity contribution in [3.05, 3.63) is 12.5 Å². The molecule has 7 nitrogen and oxygen atoms in total. The number of fused-ring (bicyclic) bond motifs is 1. The minimum atomic E-state index is 0.598. The highest BCUT2D eigenvalue weighted by molar-refractivity contribution is 5.50. The molecule has 0 spiro atoms. The molecule has 7 heteroatoms. The van der Waals surface area contributed by atoms with Crippen LogP contribution in [0.15, 0.2) is 12.5 Å². The number of H-pyrrole nitrogens is 1. The maximum Gasteiger partial charge on any atom is 0.245 e. The third-order valence-corrected chi connectivity index (χ3v) is 4.30. The van der Waals surface area contributed by atoms with E-state index in [2.05, 4.69) is 30.4 Å². The van der Waals surface area contributed by atoms with Crippen LogP contribution in [0.25, 0.3) is 11.5 Å². The summed E-state index contributed by atoms with van der Waals surface area (Å²) < 4.78 is 1.91. The normalized spacial score (nSPS) is 25.9. The van der Waals surface area contributed by atoms with E-state index in [1.165, 1.54) is 12.8 Å². The molecule has 0 bridgehead atoms. The van der Waals surface area contributed by atoms with E-state index >= 15 is 0 Å². The van der Waals surface area contributed by atoms with Gasteiger partial charge in [-0.05, 0) is 25.3 Å². The van der Waals surface area contributed by atoms with Gasteiger partial charge in [0.25, 0.3) is 0 Å². The van der Waals surface area contributed by atoms with Crippen LogP contribution in [0.5, 0.6) is 0 Å². The van der Waals surface area contributed by atoms with E-state index in [1.54, 1.807) is 6.33 Å². The molecular formula is C13H19N7. The van der Waals surface area contributed by atoms with Gasteiger partial charge in [0.05, 0.1) is 6.33 Å². The summed E-state index contributed by atoms with van der Waals surface area (Å²) in [5.41, 5.74) is 0.834. The molecule has 2 unspecified atom stereocenters. The lowest BCUT2D eigenvalue weighted by atomic mass is 9.94. The Morgan fingerprint density at radius 3 is 3.10 bits per heavy atom. The van der Waals surface area contributed by atoms with Crippen molar-refractivity contribution in [1.82, 2.24) is 30.0 Å². The number of aromatic nitrogens is 5. The zero-order valence-electron chi connectivity index (χ0n) is 11.6. The topological polar surface area (TPSA) is 74.7 Å². The first-order chi connectivity index (χ1) is 9.79. The van der Waals surface area contributed by atoms with Gasteiger partial charge in [0.2, 0.25) is 5.95 Å². The standard InChI is InChI=1S/C13H19N7/c1-19-6-11(15-8-19)12-16-13(18-17-12)20-5-9-3-2-4-14-10(9)7-20/h6,8-10,14H,2-5,7H2,1H3,(H,16,17,18). The Hall–Kier alpha value is -1.89. The number of nitrogens with one attached hydrogen (secondary N) is 2. The first kappa shape index (κ1) is 11.9. The maximum atomic E-state index is 4.59. The molecule has 0 radical (unpaired) electrons. The molecule has 2 aliphatic rings. The third kappa shape index (κ3) is 1.98. The fourth-order valence-corrected chi connectivity index (χ4v) is 3.25. The highest BCUT2D eigenvalue weighted by Gasteiger charge is 2.35. The van der Waals surface area contributed by atoms with E-state index < -0.39 is 0 Å². The van der Waals surface area contributed by atoms with Gasteiger partial charge >= 0.3 is 0 Å². The number of aryl methyl sites for hydroxylation is 1. The maximum absolute atomic E-state index is 4.59. The molecule has 20 heavy (non-hydrogen) atoms. The van der Waals surface area contributed by atoms with Crippen LogP contribution in [-0.4, -0.2) is 50.4 Å². The number of piperidine rings is 1. The molecule has 4 heterocycles. The van der Waals surface area contributed by atoms with E-state index in [0.717, 1.165) is 43.0 Å². The summed E-state index contributed by atoms with van der Waals surface area (Å²) in [5, 5.41) is 10.9. The Kier molecular flexibility index (Phi) is 2.73. The summed E-state index contributed by atoms with van der Waals surface area (Å²) in [7, 11) is 1.95. The van der Waals surface area contributed by atoms with E-state index in [0.29, 0.717) is 6.04 Å². The van der Waals surface area contributed by atoms with Gasteiger partial charge in [0.15, 0.2) is 5.82 Å². The fourth-order valence-electron chi connectivity index (χ4n) is 3.25. The summed E-state index contributed by atoms with van der Waals surface area (Å²) >= 11 is 0. The van der Waals surface area contributed by atoms with Crippen LogP contribution in [0.2, 0.25) is 0 Å². The Labute approximate surface area is 117 Å². The molecule has 2 aromatic heterocycles. The van der Waals surface area contributed by atoms with E-state index in [4.69, 9.17) is 0 Å². The Morgan fingerprint density at radius 1 is 1.35 bits per heavy atom. The van der Waals surface area contributed by atoms with Gasteiger partial charge in [0.1, 0.15) is 5.69 Å². The molecule has 2 fully saturated rings. The fraction of sp³-hybridized carbons (Fsp3) is 0.615. The van der Waals surface area contributed by atoms with Crippen molar-refractivity contribution in [1.29, 1.82) is 0 Å². The lowest BCUT2D eigenvalue weighted by Gasteiger charge is -2.24. The summed E-state index contributed by atoms with van der Waals surface area (Å²) in [6.07, 6.45) is 6.30. The van der Waals surface area contributed by atoms with Crippen LogP contribution in [0.3, 0.4) is 0 Å². The van der Waals surface area contributed by atoms with Crippen molar-refractivity contribution < 1.29 is 0 Å². The van der Waals surface area contributed by atoms with Gasteiger partial charge in [-0.25, -0.2) is 4.98 Å². The average molecular weight is 273 g/mol. The van der Waals surface area contributed by atoms with E-state index in [9.17, 15) is 0 Å². The minimum Gasteiger partial charge on any atom is -0.340 e. The molecule has 2 N–H and O–H groups in total. The van der Waals surface area contributed by atoms with Crippen LogP contribution in [0.4, 0.5) is 5.95 Å². The summed E-state index contributed by atoms with van der Waals surface area (Å²) in [6.45, 7) is 3.20. The summed E-state index contributed by atoms with van der Waals surface area (Å²) in [5.74, 6) is 2.27. The summed E-state index contributed by atoms with van der Waals surface area (Å²) in [6, 6.07) is 0.598. The number of imidazole rings is 1. The molecule has 4 rings (SSSR count). The third-order valence-electron chi connectivity index (χ3n) is 4.30. The Bertz CT molecular complexity index is 587. The SMILES string of the molecule is Cn1cnc(-c2nc(N3CC4CCCNC4C3)n[nH]2)c1. The predicted octanol–water partition coefficient (Wildman–Crippen LogP) is 0.393. The van der Waals surface area contributed by atoms with E-state index in [1.807, 2.05) is 17.8 Å². The van der Waals surface area contributed by atoms with Crippen LogP contribution < -0.4 is 10.2 Å². The largest absolute Gasteiger partial charge is 0.340 e. The van der Waals surface area contributed by atoms with Crippen LogP contribution >= 0.6 is 0 Å². The summed E-state index contributed by atoms with van der Waals surface area (Å²) in [4.78, 5) is 11.2. The number of aromatic amines is 1. The molecule has 0 aliphatic carbocycles. The zero-order chi connectivity index (χ0) is 13.5. The number of anilines is 1. The van der Waals surface area contributed by atoms with Crippen molar-refractivity contribution in [3.8, 4) is 11.5 Å². The van der Waals surface area contributed by atoms with Gasteiger partial charge in [-0.3, -0.25) is 5.10 Å². The molecular weight excluding hydrogens is 254 g/mol. The van der Waals surface area contributed by atoms with Gasteiger partial charge < -0.3 is 14.8 Å². The molecule has 0 amide bonds. The molecule has 2 aliphatic heterocycles.